The van der Waals surface area contributed by atoms with Crippen molar-refractivity contribution in [1.82, 2.24) is 5.73 Å². The standard InChI is InChI=1S/C4H3N2O/c1-3(2-5)4(6)7/h6H,1H2. The molecule has 0 heterocycles. The lowest BCUT2D eigenvalue weighted by Gasteiger charge is -1.76. The fourth-order valence-corrected chi connectivity index (χ4v) is 0.0508. The first-order valence-corrected chi connectivity index (χ1v) is 1.53. The van der Waals surface area contributed by atoms with Crippen LogP contribution in [0.3, 0.4) is 0 Å². The van der Waals surface area contributed by atoms with Gasteiger partial charge in [-0.1, -0.05) is 6.58 Å². The fraction of sp³-hybridized carbons (Fsp3) is 0. The molecule has 0 fully saturated rings. The molecule has 1 radical (unpaired) electrons. The normalized spacial score (nSPS) is 6.71. The quantitative estimate of drug-likeness (QED) is 0.336. The van der Waals surface area contributed by atoms with Crippen LogP contribution in [0.15, 0.2) is 12.2 Å². The average molecular weight is 95.1 g/mol. The van der Waals surface area contributed by atoms with Crippen LogP contribution in [0.25, 0.3) is 0 Å². The third-order valence-electron chi connectivity index (χ3n) is 0.409. The lowest BCUT2D eigenvalue weighted by atomic mass is 10.3. The zero-order chi connectivity index (χ0) is 5.86. The van der Waals surface area contributed by atoms with Gasteiger partial charge in [-0.2, -0.15) is 5.26 Å². The van der Waals surface area contributed by atoms with Gasteiger partial charge in [0.25, 0.3) is 5.91 Å². The second-order valence-corrected chi connectivity index (χ2v) is 0.919. The number of amides is 1. The van der Waals surface area contributed by atoms with Crippen LogP contribution in [0.5, 0.6) is 0 Å². The van der Waals surface area contributed by atoms with Crippen molar-refractivity contribution in [2.45, 2.75) is 0 Å². The Balaban J connectivity index is 3.90. The summed E-state index contributed by atoms with van der Waals surface area (Å²) < 4.78 is 0. The Morgan fingerprint density at radius 3 is 2.29 bits per heavy atom. The number of nitrogens with zero attached hydrogens (tertiary/aromatic N) is 1. The summed E-state index contributed by atoms with van der Waals surface area (Å²) >= 11 is 0. The van der Waals surface area contributed by atoms with Gasteiger partial charge in [0.1, 0.15) is 11.6 Å². The lowest BCUT2D eigenvalue weighted by molar-refractivity contribution is -0.114. The topological polar surface area (TPSA) is 64.7 Å². The number of carbonyl (C=O) groups excluding carboxylic acids is 1. The van der Waals surface area contributed by atoms with Gasteiger partial charge in [-0.3, -0.25) is 10.5 Å². The predicted molar refractivity (Wildman–Crippen MR) is 22.9 cm³/mol. The molecule has 0 atom stereocenters. The Labute approximate surface area is 41.0 Å². The van der Waals surface area contributed by atoms with Gasteiger partial charge >= 0.3 is 0 Å². The highest BCUT2D eigenvalue weighted by Gasteiger charge is 1.95. The van der Waals surface area contributed by atoms with Crippen molar-refractivity contribution in [3.05, 3.63) is 12.2 Å². The maximum absolute atomic E-state index is 9.72. The van der Waals surface area contributed by atoms with Crippen LogP contribution in [-0.2, 0) is 4.79 Å². The first-order valence-electron chi connectivity index (χ1n) is 1.53. The van der Waals surface area contributed by atoms with Crippen molar-refractivity contribution >= 4 is 5.91 Å². The zero-order valence-electron chi connectivity index (χ0n) is 3.56. The third kappa shape index (κ3) is 1.55. The van der Waals surface area contributed by atoms with Crippen LogP contribution in [0.2, 0.25) is 0 Å². The minimum absolute atomic E-state index is 0.319. The third-order valence-corrected chi connectivity index (χ3v) is 0.409. The van der Waals surface area contributed by atoms with Gasteiger partial charge in [-0.05, 0) is 0 Å². The van der Waals surface area contributed by atoms with Crippen LogP contribution in [-0.4, -0.2) is 5.91 Å². The van der Waals surface area contributed by atoms with E-state index in [9.17, 15) is 4.79 Å². The highest BCUT2D eigenvalue weighted by Crippen LogP contribution is 1.80. The Morgan fingerprint density at radius 1 is 1.86 bits per heavy atom. The second kappa shape index (κ2) is 1.98. The number of carbonyl (C=O) groups is 1. The molecule has 0 saturated carbocycles. The van der Waals surface area contributed by atoms with E-state index in [1.807, 2.05) is 0 Å². The average Bonchev–Trinajstić information content (AvgIpc) is 1.65. The molecule has 3 heteroatoms. The Bertz CT molecular complexity index is 142. The Morgan fingerprint density at radius 2 is 2.29 bits per heavy atom. The van der Waals surface area contributed by atoms with E-state index in [1.54, 1.807) is 0 Å². The maximum atomic E-state index is 9.72. The Hall–Kier alpha value is -1.30. The molecule has 0 rings (SSSR count). The SMILES string of the molecule is C=C(C#N)C([NH])=O. The van der Waals surface area contributed by atoms with E-state index in [-0.39, 0.29) is 5.57 Å². The number of rotatable bonds is 1. The van der Waals surface area contributed by atoms with Crippen molar-refractivity contribution in [1.29, 1.82) is 5.26 Å². The zero-order valence-corrected chi connectivity index (χ0v) is 3.56. The molecule has 3 nitrogen and oxygen atoms in total. The van der Waals surface area contributed by atoms with E-state index >= 15 is 0 Å². The molecule has 0 aliphatic rings. The van der Waals surface area contributed by atoms with Gasteiger partial charge < -0.3 is 0 Å². The molecular weight excluding hydrogens is 92.1 g/mol. The maximum Gasteiger partial charge on any atom is 0.279 e. The number of nitrogens with one attached hydrogen (secondary N) is 1. The van der Waals surface area contributed by atoms with E-state index in [0.717, 1.165) is 0 Å². The Kier molecular flexibility index (Phi) is 1.61. The molecule has 1 N–H and O–H groups in total. The number of hydrogen-bond donors (Lipinski definition) is 0. The molecule has 0 aliphatic carbocycles. The van der Waals surface area contributed by atoms with E-state index < -0.39 is 5.91 Å². The summed E-state index contributed by atoms with van der Waals surface area (Å²) in [7, 11) is 0. The highest BCUT2D eigenvalue weighted by molar-refractivity contribution is 5.94. The molecule has 0 aromatic heterocycles. The fourth-order valence-electron chi connectivity index (χ4n) is 0.0508. The minimum atomic E-state index is -1.01. The lowest BCUT2D eigenvalue weighted by Crippen LogP contribution is -1.97. The first-order chi connectivity index (χ1) is 3.18. The summed E-state index contributed by atoms with van der Waals surface area (Å²) in [6.07, 6.45) is 0. The van der Waals surface area contributed by atoms with Crippen LogP contribution < -0.4 is 5.73 Å². The van der Waals surface area contributed by atoms with Crippen LogP contribution in [0.4, 0.5) is 0 Å². The molecule has 0 aliphatic heterocycles. The van der Waals surface area contributed by atoms with Crippen molar-refractivity contribution in [2.75, 3.05) is 0 Å². The van der Waals surface area contributed by atoms with Crippen LogP contribution in [0.1, 0.15) is 0 Å². The minimum Gasteiger partial charge on any atom is -0.267 e. The van der Waals surface area contributed by atoms with Crippen molar-refractivity contribution < 1.29 is 4.79 Å². The molecule has 0 aromatic rings. The van der Waals surface area contributed by atoms with Crippen molar-refractivity contribution in [2.24, 2.45) is 0 Å². The second-order valence-electron chi connectivity index (χ2n) is 0.919. The van der Waals surface area contributed by atoms with Crippen molar-refractivity contribution in [3.63, 3.8) is 0 Å². The summed E-state index contributed by atoms with van der Waals surface area (Å²) in [5.74, 6) is -1.01. The summed E-state index contributed by atoms with van der Waals surface area (Å²) in [5, 5.41) is 7.81. The largest absolute Gasteiger partial charge is 0.279 e. The van der Waals surface area contributed by atoms with Crippen LogP contribution >= 0.6 is 0 Å². The van der Waals surface area contributed by atoms with Crippen molar-refractivity contribution in [3.8, 4) is 6.07 Å². The summed E-state index contributed by atoms with van der Waals surface area (Å²) in [4.78, 5) is 9.72. The molecule has 0 bridgehead atoms. The van der Waals surface area contributed by atoms with E-state index in [1.165, 1.54) is 6.07 Å². The number of nitriles is 1. The summed E-state index contributed by atoms with van der Waals surface area (Å²) in [6.45, 7) is 2.97. The molecule has 0 saturated heterocycles. The predicted octanol–water partition coefficient (Wildman–Crippen LogP) is -0.124. The smallest absolute Gasteiger partial charge is 0.267 e. The molecule has 0 unspecified atom stereocenters. The van der Waals surface area contributed by atoms with Gasteiger partial charge in [0.15, 0.2) is 0 Å². The number of hydrogen-bond acceptors (Lipinski definition) is 2. The monoisotopic (exact) mass is 95.0 g/mol. The molecule has 1 amide bonds. The van der Waals surface area contributed by atoms with Gasteiger partial charge in [-0.25, -0.2) is 0 Å². The molecule has 35 valence electrons. The van der Waals surface area contributed by atoms with Gasteiger partial charge in [0.05, 0.1) is 0 Å². The van der Waals surface area contributed by atoms with E-state index in [0.29, 0.717) is 0 Å². The van der Waals surface area contributed by atoms with Gasteiger partial charge in [-0.15, -0.1) is 0 Å². The van der Waals surface area contributed by atoms with Crippen LogP contribution in [0, 0.1) is 11.3 Å². The first kappa shape index (κ1) is 5.70. The molecular formula is C4H3N2O. The van der Waals surface area contributed by atoms with E-state index in [4.69, 9.17) is 11.0 Å². The molecule has 0 aromatic carbocycles. The van der Waals surface area contributed by atoms with E-state index in [2.05, 4.69) is 6.58 Å². The highest BCUT2D eigenvalue weighted by atomic mass is 16.1. The molecule has 0 spiro atoms. The van der Waals surface area contributed by atoms with Gasteiger partial charge in [0.2, 0.25) is 0 Å². The molecule has 7 heavy (non-hydrogen) atoms. The summed E-state index contributed by atoms with van der Waals surface area (Å²) in [6, 6.07) is 1.43. The van der Waals surface area contributed by atoms with Gasteiger partial charge in [0, 0.05) is 0 Å². The summed E-state index contributed by atoms with van der Waals surface area (Å²) in [5.41, 5.74) is 5.90.